The van der Waals surface area contributed by atoms with Gasteiger partial charge in [-0.1, -0.05) is 13.8 Å². The van der Waals surface area contributed by atoms with Gasteiger partial charge in [0.15, 0.2) is 29.3 Å². The van der Waals surface area contributed by atoms with Crippen LogP contribution in [0.1, 0.15) is 25.9 Å². The van der Waals surface area contributed by atoms with Gasteiger partial charge in [0.25, 0.3) is 0 Å². The molecule has 1 aliphatic carbocycles. The third-order valence-corrected chi connectivity index (χ3v) is 6.06. The lowest BCUT2D eigenvalue weighted by atomic mass is 9.97. The van der Waals surface area contributed by atoms with Gasteiger partial charge in [0, 0.05) is 12.5 Å². The first-order valence-electron chi connectivity index (χ1n) is 8.46. The second-order valence-electron chi connectivity index (χ2n) is 7.50. The molecule has 0 bridgehead atoms. The molecule has 1 unspecified atom stereocenters. The highest BCUT2D eigenvalue weighted by molar-refractivity contribution is 5.83. The fourth-order valence-corrected chi connectivity index (χ4v) is 4.33. The minimum Gasteiger partial charge on any atom is -0.383 e. The van der Waals surface area contributed by atoms with E-state index in [-0.39, 0.29) is 11.5 Å². The predicted molar refractivity (Wildman–Crippen MR) is 92.4 cm³/mol. The van der Waals surface area contributed by atoms with E-state index in [4.69, 9.17) is 10.5 Å². The first-order valence-corrected chi connectivity index (χ1v) is 8.46. The number of hydrogen-bond acceptors (Lipinski definition) is 10. The van der Waals surface area contributed by atoms with Gasteiger partial charge in [-0.05, 0) is 0 Å². The van der Waals surface area contributed by atoms with Crippen LogP contribution in [0.2, 0.25) is 0 Å². The van der Waals surface area contributed by atoms with Crippen molar-refractivity contribution in [3.8, 4) is 6.07 Å². The van der Waals surface area contributed by atoms with Crippen molar-refractivity contribution in [2.45, 2.75) is 43.5 Å². The molecule has 28 heavy (non-hydrogen) atoms. The van der Waals surface area contributed by atoms with Crippen LogP contribution >= 0.6 is 0 Å². The molecular formula is C16H19N7O5. The molecule has 5 atom stereocenters. The van der Waals surface area contributed by atoms with Crippen LogP contribution in [0.4, 0.5) is 5.82 Å². The standard InChI is InChI=1S/C16H19N7O5/c1-14(2)15(26)9(8(24)10(18)25)28-13(16(14,15)27)23-5-20-7-11(19-3)21-6(4-17)22-12(7)23/h5,8-9,13,24,26-27H,1-3H3,(H2,18,25)(H,19,21,22)/t8?,9-,13-,15-,16+/m1/s1. The van der Waals surface area contributed by atoms with Gasteiger partial charge in [0.2, 0.25) is 11.7 Å². The van der Waals surface area contributed by atoms with Crippen molar-refractivity contribution in [2.75, 3.05) is 12.4 Å². The van der Waals surface area contributed by atoms with E-state index in [1.54, 1.807) is 20.9 Å². The van der Waals surface area contributed by atoms with Crippen molar-refractivity contribution in [1.82, 2.24) is 19.5 Å². The molecule has 3 heterocycles. The summed E-state index contributed by atoms with van der Waals surface area (Å²) >= 11 is 0. The molecule has 1 amide bonds. The first kappa shape index (κ1) is 18.5. The van der Waals surface area contributed by atoms with E-state index in [0.29, 0.717) is 11.3 Å². The van der Waals surface area contributed by atoms with Gasteiger partial charge < -0.3 is 31.1 Å². The molecule has 2 fully saturated rings. The van der Waals surface area contributed by atoms with Crippen molar-refractivity contribution >= 4 is 22.9 Å². The Bertz CT molecular complexity index is 1050. The number of anilines is 1. The third kappa shape index (κ3) is 1.81. The van der Waals surface area contributed by atoms with E-state index in [1.165, 1.54) is 10.9 Å². The predicted octanol–water partition coefficient (Wildman–Crippen LogP) is -2.01. The van der Waals surface area contributed by atoms with E-state index >= 15 is 0 Å². The molecule has 0 aromatic carbocycles. The Morgan fingerprint density at radius 3 is 2.68 bits per heavy atom. The third-order valence-electron chi connectivity index (χ3n) is 6.06. The molecule has 4 rings (SSSR count). The maximum Gasteiger partial charge on any atom is 0.249 e. The number of nitrogens with two attached hydrogens (primary N) is 1. The van der Waals surface area contributed by atoms with E-state index < -0.39 is 41.0 Å². The van der Waals surface area contributed by atoms with E-state index in [2.05, 4.69) is 20.3 Å². The number of nitrogens with zero attached hydrogens (tertiary/aromatic N) is 5. The van der Waals surface area contributed by atoms with Crippen molar-refractivity contribution in [1.29, 1.82) is 5.26 Å². The Labute approximate surface area is 158 Å². The summed E-state index contributed by atoms with van der Waals surface area (Å²) in [5.74, 6) is -0.932. The number of ether oxygens (including phenoxy) is 1. The summed E-state index contributed by atoms with van der Waals surface area (Å²) in [5, 5.41) is 44.5. The molecule has 12 nitrogen and oxygen atoms in total. The topological polar surface area (TPSA) is 192 Å². The Morgan fingerprint density at radius 1 is 1.43 bits per heavy atom. The van der Waals surface area contributed by atoms with Gasteiger partial charge >= 0.3 is 0 Å². The molecule has 2 aromatic heterocycles. The average molecular weight is 389 g/mol. The number of carbonyl (C=O) groups excluding carboxylic acids is 1. The quantitative estimate of drug-likeness (QED) is 0.390. The fraction of sp³-hybridized carbons (Fsp3) is 0.562. The number of rotatable bonds is 4. The number of fused-ring (bicyclic) bond motifs is 2. The number of nitrogens with one attached hydrogen (secondary N) is 1. The summed E-state index contributed by atoms with van der Waals surface area (Å²) in [7, 11) is 1.60. The van der Waals surface area contributed by atoms with Crippen molar-refractivity contribution in [3.05, 3.63) is 12.2 Å². The molecule has 1 aliphatic heterocycles. The number of nitriles is 1. The number of amides is 1. The molecule has 12 heteroatoms. The zero-order valence-corrected chi connectivity index (χ0v) is 15.3. The SMILES string of the molecule is CNc1nc(C#N)nc2c1ncn2[C@@H]1O[C@H](C(O)C(N)=O)[C@@]2(O)C(C)(C)[C@@]12O. The lowest BCUT2D eigenvalue weighted by Crippen LogP contribution is -2.48. The highest BCUT2D eigenvalue weighted by Gasteiger charge is 2.93. The van der Waals surface area contributed by atoms with Crippen LogP contribution in [0.15, 0.2) is 6.33 Å². The molecule has 1 saturated carbocycles. The van der Waals surface area contributed by atoms with Crippen molar-refractivity contribution in [2.24, 2.45) is 11.1 Å². The van der Waals surface area contributed by atoms with Gasteiger partial charge in [0.05, 0.1) is 6.33 Å². The van der Waals surface area contributed by atoms with Crippen LogP contribution in [0.3, 0.4) is 0 Å². The van der Waals surface area contributed by atoms with E-state index in [9.17, 15) is 25.4 Å². The van der Waals surface area contributed by atoms with E-state index in [0.717, 1.165) is 0 Å². The largest absolute Gasteiger partial charge is 0.383 e. The monoisotopic (exact) mass is 389 g/mol. The summed E-state index contributed by atoms with van der Waals surface area (Å²) in [6.07, 6.45) is -3.23. The van der Waals surface area contributed by atoms with Gasteiger partial charge in [-0.2, -0.15) is 15.2 Å². The highest BCUT2D eigenvalue weighted by atomic mass is 16.6. The smallest absolute Gasteiger partial charge is 0.249 e. The maximum atomic E-state index is 11.5. The van der Waals surface area contributed by atoms with Crippen molar-refractivity contribution in [3.63, 3.8) is 0 Å². The second-order valence-corrected chi connectivity index (χ2v) is 7.50. The van der Waals surface area contributed by atoms with Gasteiger partial charge in [0.1, 0.15) is 23.4 Å². The van der Waals surface area contributed by atoms with Crippen molar-refractivity contribution < 1.29 is 24.9 Å². The molecular weight excluding hydrogens is 370 g/mol. The molecule has 2 aromatic rings. The minimum absolute atomic E-state index is 0.136. The summed E-state index contributed by atoms with van der Waals surface area (Å²) in [5.41, 5.74) is 0.713. The van der Waals surface area contributed by atoms with Crippen LogP contribution in [0.25, 0.3) is 11.2 Å². The number of carbonyl (C=O) groups is 1. The molecule has 6 N–H and O–H groups in total. The van der Waals surface area contributed by atoms with Gasteiger partial charge in [-0.25, -0.2) is 4.98 Å². The number of primary amides is 1. The van der Waals surface area contributed by atoms with Crippen LogP contribution in [0.5, 0.6) is 0 Å². The van der Waals surface area contributed by atoms with Crippen LogP contribution in [-0.2, 0) is 9.53 Å². The Kier molecular flexibility index (Phi) is 3.54. The van der Waals surface area contributed by atoms with Gasteiger partial charge in [-0.15, -0.1) is 0 Å². The Morgan fingerprint density at radius 2 is 2.11 bits per heavy atom. The minimum atomic E-state index is -1.94. The molecule has 0 radical (unpaired) electrons. The molecule has 0 spiro atoms. The zero-order valence-electron chi connectivity index (χ0n) is 15.3. The number of aromatic nitrogens is 4. The maximum absolute atomic E-state index is 11.5. The summed E-state index contributed by atoms with van der Waals surface area (Å²) in [4.78, 5) is 23.9. The number of hydrogen-bond donors (Lipinski definition) is 5. The first-order chi connectivity index (χ1) is 13.1. The van der Waals surface area contributed by atoms with Crippen LogP contribution in [0, 0.1) is 16.7 Å². The van der Waals surface area contributed by atoms with E-state index in [1.807, 2.05) is 6.07 Å². The Hall–Kier alpha value is -2.85. The summed E-state index contributed by atoms with van der Waals surface area (Å²) < 4.78 is 7.04. The molecule has 1 saturated heterocycles. The Balaban J connectivity index is 1.89. The number of imidazole rings is 1. The summed E-state index contributed by atoms with van der Waals surface area (Å²) in [6, 6.07) is 1.84. The lowest BCUT2D eigenvalue weighted by Gasteiger charge is -2.29. The molecule has 2 aliphatic rings. The normalized spacial score (nSPS) is 33.9. The summed E-state index contributed by atoms with van der Waals surface area (Å²) in [6.45, 7) is 3.16. The zero-order chi connectivity index (χ0) is 20.6. The number of aliphatic hydroxyl groups is 3. The second kappa shape index (κ2) is 5.36. The number of aliphatic hydroxyl groups excluding tert-OH is 1. The lowest BCUT2D eigenvalue weighted by molar-refractivity contribution is -0.160. The fourth-order valence-electron chi connectivity index (χ4n) is 4.33. The van der Waals surface area contributed by atoms with Crippen LogP contribution in [-0.4, -0.2) is 71.2 Å². The average Bonchev–Trinajstić information content (AvgIpc) is 3.02. The van der Waals surface area contributed by atoms with Crippen LogP contribution < -0.4 is 11.1 Å². The van der Waals surface area contributed by atoms with Gasteiger partial charge in [-0.3, -0.25) is 9.36 Å². The molecule has 148 valence electrons. The highest BCUT2D eigenvalue weighted by Crippen LogP contribution is 2.75.